The SMILES string of the molecule is CC#CC#CC1(CC2CCC(C)CC2)CCC(CC2CCC(C)CC2)CC1. The lowest BCUT2D eigenvalue weighted by Crippen LogP contribution is -2.31. The summed E-state index contributed by atoms with van der Waals surface area (Å²) >= 11 is 0. The molecule has 0 heteroatoms. The second-order valence-corrected chi connectivity index (χ2v) is 10.5. The number of rotatable bonds is 4. The van der Waals surface area contributed by atoms with Gasteiger partial charge in [0.15, 0.2) is 0 Å². The Morgan fingerprint density at radius 3 is 1.74 bits per heavy atom. The van der Waals surface area contributed by atoms with Crippen LogP contribution in [0.3, 0.4) is 0 Å². The third-order valence-corrected chi connectivity index (χ3v) is 8.19. The summed E-state index contributed by atoms with van der Waals surface area (Å²) in [4.78, 5) is 0. The minimum absolute atomic E-state index is 0.284. The van der Waals surface area contributed by atoms with E-state index in [-0.39, 0.29) is 5.41 Å². The Morgan fingerprint density at radius 1 is 0.667 bits per heavy atom. The Bertz CT molecular complexity index is 553. The Morgan fingerprint density at radius 2 is 1.19 bits per heavy atom. The van der Waals surface area contributed by atoms with E-state index in [9.17, 15) is 0 Å². The molecule has 0 aromatic heterocycles. The quantitative estimate of drug-likeness (QED) is 0.449. The molecule has 3 saturated carbocycles. The van der Waals surface area contributed by atoms with Crippen LogP contribution in [-0.4, -0.2) is 0 Å². The highest BCUT2D eigenvalue weighted by atomic mass is 14.4. The van der Waals surface area contributed by atoms with E-state index >= 15 is 0 Å². The van der Waals surface area contributed by atoms with Crippen LogP contribution in [0.5, 0.6) is 0 Å². The minimum atomic E-state index is 0.284. The van der Waals surface area contributed by atoms with Crippen molar-refractivity contribution in [2.24, 2.45) is 35.0 Å². The molecule has 0 heterocycles. The van der Waals surface area contributed by atoms with E-state index in [4.69, 9.17) is 0 Å². The van der Waals surface area contributed by atoms with Crippen LogP contribution in [0.4, 0.5) is 0 Å². The fourth-order valence-corrected chi connectivity index (χ4v) is 6.19. The molecule has 0 amide bonds. The fourth-order valence-electron chi connectivity index (χ4n) is 6.19. The van der Waals surface area contributed by atoms with Gasteiger partial charge in [0.1, 0.15) is 0 Å². The Balaban J connectivity index is 1.55. The molecule has 150 valence electrons. The molecule has 3 fully saturated rings. The van der Waals surface area contributed by atoms with Crippen LogP contribution in [0.2, 0.25) is 0 Å². The van der Waals surface area contributed by atoms with Crippen molar-refractivity contribution in [1.29, 1.82) is 0 Å². The summed E-state index contributed by atoms with van der Waals surface area (Å²) in [7, 11) is 0. The highest BCUT2D eigenvalue weighted by molar-refractivity contribution is 5.29. The van der Waals surface area contributed by atoms with Crippen LogP contribution in [-0.2, 0) is 0 Å². The summed E-state index contributed by atoms with van der Waals surface area (Å²) in [5, 5.41) is 0. The zero-order valence-electron chi connectivity index (χ0n) is 18.3. The summed E-state index contributed by atoms with van der Waals surface area (Å²) < 4.78 is 0. The average molecular weight is 367 g/mol. The van der Waals surface area contributed by atoms with Gasteiger partial charge in [0.25, 0.3) is 0 Å². The first kappa shape index (κ1) is 20.8. The lowest BCUT2D eigenvalue weighted by molar-refractivity contribution is 0.128. The second kappa shape index (κ2) is 10.1. The molecule has 27 heavy (non-hydrogen) atoms. The third-order valence-electron chi connectivity index (χ3n) is 8.19. The predicted molar refractivity (Wildman–Crippen MR) is 117 cm³/mol. The van der Waals surface area contributed by atoms with E-state index < -0.39 is 0 Å². The van der Waals surface area contributed by atoms with Crippen molar-refractivity contribution in [3.63, 3.8) is 0 Å². The van der Waals surface area contributed by atoms with Gasteiger partial charge in [0, 0.05) is 5.41 Å². The molecule has 3 aliphatic carbocycles. The summed E-state index contributed by atoms with van der Waals surface area (Å²) in [6.45, 7) is 6.78. The van der Waals surface area contributed by atoms with Crippen LogP contribution in [0.25, 0.3) is 0 Å². The topological polar surface area (TPSA) is 0 Å². The molecular formula is C27H42. The molecule has 3 rings (SSSR count). The van der Waals surface area contributed by atoms with Crippen molar-refractivity contribution < 1.29 is 0 Å². The first-order valence-corrected chi connectivity index (χ1v) is 12.0. The van der Waals surface area contributed by atoms with Crippen molar-refractivity contribution in [2.45, 2.75) is 111 Å². The largest absolute Gasteiger partial charge is 0.0925 e. The standard InChI is InChI=1S/C27H42/c1-4-5-6-17-27(21-26-13-9-23(3)10-14-26)18-15-25(16-19-27)20-24-11-7-22(2)8-12-24/h22-26H,7-16,18-21H2,1-3H3. The maximum atomic E-state index is 3.70. The number of hydrogen-bond acceptors (Lipinski definition) is 0. The van der Waals surface area contributed by atoms with E-state index in [1.54, 1.807) is 0 Å². The maximum Gasteiger partial charge on any atom is 0.0327 e. The van der Waals surface area contributed by atoms with Crippen molar-refractivity contribution in [1.82, 2.24) is 0 Å². The maximum absolute atomic E-state index is 3.70. The molecule has 0 spiro atoms. The van der Waals surface area contributed by atoms with Gasteiger partial charge in [-0.3, -0.25) is 0 Å². The van der Waals surface area contributed by atoms with Crippen LogP contribution in [0, 0.1) is 58.7 Å². The van der Waals surface area contributed by atoms with Crippen LogP contribution >= 0.6 is 0 Å². The number of hydrogen-bond donors (Lipinski definition) is 0. The normalized spacial score (nSPS) is 39.6. The van der Waals surface area contributed by atoms with Gasteiger partial charge >= 0.3 is 0 Å². The molecule has 0 aromatic rings. The van der Waals surface area contributed by atoms with Gasteiger partial charge in [-0.2, -0.15) is 0 Å². The molecule has 3 aliphatic rings. The molecular weight excluding hydrogens is 324 g/mol. The lowest BCUT2D eigenvalue weighted by Gasteiger charge is -2.41. The summed E-state index contributed by atoms with van der Waals surface area (Å²) in [5.74, 6) is 17.8. The van der Waals surface area contributed by atoms with E-state index in [2.05, 4.69) is 37.5 Å². The van der Waals surface area contributed by atoms with E-state index in [1.807, 2.05) is 6.92 Å². The Hall–Kier alpha value is -0.880. The van der Waals surface area contributed by atoms with Gasteiger partial charge < -0.3 is 0 Å². The van der Waals surface area contributed by atoms with Crippen molar-refractivity contribution >= 4 is 0 Å². The molecule has 0 unspecified atom stereocenters. The highest BCUT2D eigenvalue weighted by Gasteiger charge is 2.37. The van der Waals surface area contributed by atoms with Gasteiger partial charge in [-0.15, -0.1) is 0 Å². The second-order valence-electron chi connectivity index (χ2n) is 10.5. The van der Waals surface area contributed by atoms with Gasteiger partial charge in [0.2, 0.25) is 0 Å². The molecule has 0 atom stereocenters. The smallest absolute Gasteiger partial charge is 0.0327 e. The third kappa shape index (κ3) is 6.31. The van der Waals surface area contributed by atoms with Crippen LogP contribution < -0.4 is 0 Å². The fraction of sp³-hybridized carbons (Fsp3) is 0.852. The lowest BCUT2D eigenvalue weighted by atomic mass is 9.63. The van der Waals surface area contributed by atoms with Crippen LogP contribution in [0.15, 0.2) is 0 Å². The van der Waals surface area contributed by atoms with Gasteiger partial charge in [-0.25, -0.2) is 0 Å². The average Bonchev–Trinajstić information content (AvgIpc) is 2.68. The zero-order chi connectivity index (χ0) is 19.1. The highest BCUT2D eigenvalue weighted by Crippen LogP contribution is 2.48. The summed E-state index contributed by atoms with van der Waals surface area (Å²) in [5.41, 5.74) is 0.284. The minimum Gasteiger partial charge on any atom is -0.0925 e. The first-order valence-electron chi connectivity index (χ1n) is 12.0. The van der Waals surface area contributed by atoms with Gasteiger partial charge in [0.05, 0.1) is 0 Å². The Labute approximate surface area is 169 Å². The molecule has 0 aromatic carbocycles. The van der Waals surface area contributed by atoms with Crippen molar-refractivity contribution in [3.05, 3.63) is 0 Å². The molecule has 0 N–H and O–H groups in total. The van der Waals surface area contributed by atoms with Crippen molar-refractivity contribution in [2.75, 3.05) is 0 Å². The van der Waals surface area contributed by atoms with E-state index in [0.29, 0.717) is 0 Å². The summed E-state index contributed by atoms with van der Waals surface area (Å²) in [6, 6.07) is 0. The van der Waals surface area contributed by atoms with Gasteiger partial charge in [-0.1, -0.05) is 77.1 Å². The summed E-state index contributed by atoms with van der Waals surface area (Å²) in [6.07, 6.45) is 20.1. The zero-order valence-corrected chi connectivity index (χ0v) is 18.3. The Kier molecular flexibility index (Phi) is 7.76. The first-order chi connectivity index (χ1) is 13.1. The van der Waals surface area contributed by atoms with E-state index in [0.717, 1.165) is 29.6 Å². The predicted octanol–water partition coefficient (Wildman–Crippen LogP) is 7.62. The molecule has 0 aliphatic heterocycles. The van der Waals surface area contributed by atoms with Gasteiger partial charge in [-0.05, 0) is 86.9 Å². The molecule has 0 bridgehead atoms. The monoisotopic (exact) mass is 366 g/mol. The van der Waals surface area contributed by atoms with Crippen molar-refractivity contribution in [3.8, 4) is 23.7 Å². The molecule has 0 nitrogen and oxygen atoms in total. The molecule has 0 saturated heterocycles. The van der Waals surface area contributed by atoms with Crippen LogP contribution in [0.1, 0.15) is 111 Å². The van der Waals surface area contributed by atoms with E-state index in [1.165, 1.54) is 89.9 Å². The molecule has 0 radical (unpaired) electrons.